The zero-order valence-electron chi connectivity index (χ0n) is 20.9. The predicted octanol–water partition coefficient (Wildman–Crippen LogP) is 5.79. The summed E-state index contributed by atoms with van der Waals surface area (Å²) in [5.41, 5.74) is 3.42. The second kappa shape index (κ2) is 11.9. The molecule has 0 bridgehead atoms. The summed E-state index contributed by atoms with van der Waals surface area (Å²) >= 11 is 0. The van der Waals surface area contributed by atoms with Crippen LogP contribution in [0.3, 0.4) is 0 Å². The van der Waals surface area contributed by atoms with Crippen molar-refractivity contribution in [3.05, 3.63) is 126 Å². The highest BCUT2D eigenvalue weighted by Crippen LogP contribution is 2.24. The Morgan fingerprint density at radius 3 is 2.16 bits per heavy atom. The van der Waals surface area contributed by atoms with E-state index >= 15 is 0 Å². The Bertz CT molecular complexity index is 1420. The molecule has 1 N–H and O–H groups in total. The first kappa shape index (κ1) is 26.1. The topological polar surface area (TPSA) is 75.7 Å². The molecule has 4 aromatic carbocycles. The van der Waals surface area contributed by atoms with Gasteiger partial charge in [-0.15, -0.1) is 0 Å². The minimum absolute atomic E-state index is 0.0618. The molecule has 4 rings (SSSR count). The molecule has 6 nitrogen and oxygen atoms in total. The lowest BCUT2D eigenvalue weighted by molar-refractivity contribution is -0.119. The van der Waals surface area contributed by atoms with E-state index in [1.54, 1.807) is 43.3 Å². The van der Waals surface area contributed by atoms with E-state index in [-0.39, 0.29) is 11.4 Å². The fourth-order valence-corrected chi connectivity index (χ4v) is 5.42. The zero-order valence-corrected chi connectivity index (χ0v) is 21.7. The van der Waals surface area contributed by atoms with Gasteiger partial charge in [-0.1, -0.05) is 84.4 Å². The molecule has 0 saturated carbocycles. The van der Waals surface area contributed by atoms with Crippen LogP contribution in [0.4, 0.5) is 5.69 Å². The van der Waals surface area contributed by atoms with Crippen LogP contribution in [0, 0.1) is 6.92 Å². The first-order chi connectivity index (χ1) is 17.8. The smallest absolute Gasteiger partial charge is 0.244 e. The number of aryl methyl sites for hydroxylation is 1. The van der Waals surface area contributed by atoms with E-state index in [4.69, 9.17) is 4.74 Å². The van der Waals surface area contributed by atoms with Gasteiger partial charge in [-0.3, -0.25) is 4.79 Å². The van der Waals surface area contributed by atoms with Gasteiger partial charge in [0.05, 0.1) is 4.90 Å². The Morgan fingerprint density at radius 1 is 0.838 bits per heavy atom. The van der Waals surface area contributed by atoms with Gasteiger partial charge in [-0.05, 0) is 49.2 Å². The molecule has 0 radical (unpaired) electrons. The van der Waals surface area contributed by atoms with E-state index in [0.717, 1.165) is 16.7 Å². The minimum atomic E-state index is -3.95. The van der Waals surface area contributed by atoms with Crippen molar-refractivity contribution < 1.29 is 17.9 Å². The van der Waals surface area contributed by atoms with Gasteiger partial charge >= 0.3 is 0 Å². The van der Waals surface area contributed by atoms with Crippen LogP contribution in [-0.2, 0) is 28.0 Å². The lowest BCUT2D eigenvalue weighted by Crippen LogP contribution is -2.45. The van der Waals surface area contributed by atoms with Crippen LogP contribution in [0.5, 0.6) is 5.75 Å². The van der Waals surface area contributed by atoms with Crippen molar-refractivity contribution in [2.75, 3.05) is 5.32 Å². The van der Waals surface area contributed by atoms with E-state index in [0.29, 0.717) is 18.0 Å². The fourth-order valence-electron chi connectivity index (χ4n) is 3.81. The quantitative estimate of drug-likeness (QED) is 0.291. The van der Waals surface area contributed by atoms with Crippen LogP contribution in [0.25, 0.3) is 0 Å². The Labute approximate surface area is 218 Å². The predicted molar refractivity (Wildman–Crippen MR) is 146 cm³/mol. The van der Waals surface area contributed by atoms with Crippen molar-refractivity contribution in [1.29, 1.82) is 0 Å². The molecule has 37 heavy (non-hydrogen) atoms. The number of carbonyl (C=O) groups excluding carboxylic acids is 1. The summed E-state index contributed by atoms with van der Waals surface area (Å²) in [6, 6.07) is 31.7. The monoisotopic (exact) mass is 514 g/mol. The molecule has 0 heterocycles. The maximum Gasteiger partial charge on any atom is 0.244 e. The standard InChI is InChI=1S/C30H30N2O4S/c1-23-16-18-25(19-17-23)21-32(37(34,35)29-14-7-4-8-15-29)24(2)30(33)31-27-12-9-13-28(20-27)36-22-26-10-5-3-6-11-26/h3-20,24H,21-22H2,1-2H3,(H,31,33). The summed E-state index contributed by atoms with van der Waals surface area (Å²) in [5.74, 6) is 0.162. The molecular formula is C30H30N2O4S. The highest BCUT2D eigenvalue weighted by Gasteiger charge is 2.33. The third kappa shape index (κ3) is 6.84. The molecule has 0 aliphatic heterocycles. The summed E-state index contributed by atoms with van der Waals surface area (Å²) in [5, 5.41) is 2.85. The number of nitrogens with one attached hydrogen (secondary N) is 1. The van der Waals surface area contributed by atoms with Gasteiger partial charge in [-0.2, -0.15) is 4.31 Å². The van der Waals surface area contributed by atoms with E-state index in [1.165, 1.54) is 16.4 Å². The Balaban J connectivity index is 1.53. The van der Waals surface area contributed by atoms with Crippen molar-refractivity contribution in [3.63, 3.8) is 0 Å². The fraction of sp³-hybridized carbons (Fsp3) is 0.167. The molecule has 0 saturated heterocycles. The maximum absolute atomic E-state index is 13.6. The molecule has 190 valence electrons. The van der Waals surface area contributed by atoms with Crippen molar-refractivity contribution in [3.8, 4) is 5.75 Å². The Kier molecular flexibility index (Phi) is 8.38. The molecule has 0 aromatic heterocycles. The lowest BCUT2D eigenvalue weighted by atomic mass is 10.1. The first-order valence-corrected chi connectivity index (χ1v) is 13.5. The van der Waals surface area contributed by atoms with Crippen molar-refractivity contribution in [2.24, 2.45) is 0 Å². The van der Waals surface area contributed by atoms with Gasteiger partial charge in [0.25, 0.3) is 0 Å². The summed E-state index contributed by atoms with van der Waals surface area (Å²) in [7, 11) is -3.95. The number of nitrogens with zero attached hydrogens (tertiary/aromatic N) is 1. The van der Waals surface area contributed by atoms with Crippen LogP contribution < -0.4 is 10.1 Å². The first-order valence-electron chi connectivity index (χ1n) is 12.0. The number of hydrogen-bond donors (Lipinski definition) is 1. The summed E-state index contributed by atoms with van der Waals surface area (Å²) < 4.78 is 34.3. The third-order valence-corrected chi connectivity index (χ3v) is 7.90. The number of sulfonamides is 1. The lowest BCUT2D eigenvalue weighted by Gasteiger charge is -2.28. The van der Waals surface area contributed by atoms with Crippen LogP contribution in [0.2, 0.25) is 0 Å². The number of amides is 1. The third-order valence-electron chi connectivity index (χ3n) is 5.97. The highest BCUT2D eigenvalue weighted by molar-refractivity contribution is 7.89. The maximum atomic E-state index is 13.6. The van der Waals surface area contributed by atoms with Gasteiger partial charge in [0.2, 0.25) is 15.9 Å². The molecule has 0 aliphatic rings. The van der Waals surface area contributed by atoms with Gasteiger partial charge in [0.15, 0.2) is 0 Å². The van der Waals surface area contributed by atoms with E-state index in [9.17, 15) is 13.2 Å². The molecule has 0 spiro atoms. The highest BCUT2D eigenvalue weighted by atomic mass is 32.2. The SMILES string of the molecule is Cc1ccc(CN(C(C)C(=O)Nc2cccc(OCc3ccccc3)c2)S(=O)(=O)c2ccccc2)cc1. The van der Waals surface area contributed by atoms with Gasteiger partial charge in [0.1, 0.15) is 18.4 Å². The minimum Gasteiger partial charge on any atom is -0.489 e. The second-order valence-electron chi connectivity index (χ2n) is 8.82. The number of carbonyl (C=O) groups is 1. The molecule has 1 atom stereocenters. The van der Waals surface area contributed by atoms with Crippen LogP contribution in [-0.4, -0.2) is 24.7 Å². The summed E-state index contributed by atoms with van der Waals surface area (Å²) in [6.07, 6.45) is 0. The molecule has 1 unspecified atom stereocenters. The summed E-state index contributed by atoms with van der Waals surface area (Å²) in [4.78, 5) is 13.4. The number of anilines is 1. The molecule has 0 fully saturated rings. The average molecular weight is 515 g/mol. The van der Waals surface area contributed by atoms with E-state index in [2.05, 4.69) is 5.32 Å². The van der Waals surface area contributed by atoms with E-state index in [1.807, 2.05) is 67.6 Å². The van der Waals surface area contributed by atoms with Crippen LogP contribution in [0.1, 0.15) is 23.6 Å². The van der Waals surface area contributed by atoms with Crippen molar-refractivity contribution in [1.82, 2.24) is 4.31 Å². The summed E-state index contributed by atoms with van der Waals surface area (Å²) in [6.45, 7) is 4.02. The van der Waals surface area contributed by atoms with Crippen molar-refractivity contribution >= 4 is 21.6 Å². The average Bonchev–Trinajstić information content (AvgIpc) is 2.92. The normalized spacial score (nSPS) is 12.2. The Hall–Kier alpha value is -3.94. The molecule has 1 amide bonds. The van der Waals surface area contributed by atoms with Gasteiger partial charge < -0.3 is 10.1 Å². The number of rotatable bonds is 10. The molecular weight excluding hydrogens is 484 g/mol. The van der Waals surface area contributed by atoms with Gasteiger partial charge in [0, 0.05) is 18.3 Å². The molecule has 0 aliphatic carbocycles. The van der Waals surface area contributed by atoms with Crippen molar-refractivity contribution in [2.45, 2.75) is 37.9 Å². The Morgan fingerprint density at radius 2 is 1.49 bits per heavy atom. The number of benzene rings is 4. The van der Waals surface area contributed by atoms with Gasteiger partial charge in [-0.25, -0.2) is 8.42 Å². The molecule has 7 heteroatoms. The number of ether oxygens (including phenoxy) is 1. The van der Waals surface area contributed by atoms with Crippen LogP contribution >= 0.6 is 0 Å². The number of hydrogen-bond acceptors (Lipinski definition) is 4. The molecule has 4 aromatic rings. The largest absolute Gasteiger partial charge is 0.489 e. The zero-order chi connectivity index (χ0) is 26.3. The second-order valence-corrected chi connectivity index (χ2v) is 10.7. The van der Waals surface area contributed by atoms with Crippen LogP contribution in [0.15, 0.2) is 114 Å². The van der Waals surface area contributed by atoms with E-state index < -0.39 is 22.0 Å².